The maximum Gasteiger partial charge on any atom is 0.258 e. The number of ether oxygens (including phenoxy) is 1. The summed E-state index contributed by atoms with van der Waals surface area (Å²) in [6.07, 6.45) is 0. The lowest BCUT2D eigenvalue weighted by atomic mass is 10.1. The van der Waals surface area contributed by atoms with Gasteiger partial charge in [0.25, 0.3) is 11.8 Å². The maximum absolute atomic E-state index is 12.1. The number of carbonyl (C=O) groups excluding carboxylic acids is 1. The summed E-state index contributed by atoms with van der Waals surface area (Å²) in [5.41, 5.74) is 5.10. The van der Waals surface area contributed by atoms with Gasteiger partial charge in [-0.2, -0.15) is 4.98 Å². The first-order valence-electron chi connectivity index (χ1n) is 10.0. The maximum atomic E-state index is 12.1. The Kier molecular flexibility index (Phi) is 6.08. The second-order valence-corrected chi connectivity index (χ2v) is 7.31. The number of hydrogen-bond donors (Lipinski definition) is 1. The number of amides is 1. The Balaban J connectivity index is 1.31. The molecule has 4 rings (SSSR count). The van der Waals surface area contributed by atoms with Crippen LogP contribution in [-0.2, 0) is 11.3 Å². The second-order valence-electron chi connectivity index (χ2n) is 7.31. The third-order valence-electron chi connectivity index (χ3n) is 4.91. The lowest BCUT2D eigenvalue weighted by Gasteiger charge is -2.10. The zero-order valence-corrected chi connectivity index (χ0v) is 17.5. The van der Waals surface area contributed by atoms with Crippen LogP contribution in [0.1, 0.15) is 16.7 Å². The van der Waals surface area contributed by atoms with Gasteiger partial charge in [0.1, 0.15) is 5.75 Å². The molecule has 0 saturated carbocycles. The number of carbonyl (C=O) groups is 1. The van der Waals surface area contributed by atoms with Gasteiger partial charge in [0.05, 0.1) is 0 Å². The molecule has 31 heavy (non-hydrogen) atoms. The molecule has 0 spiro atoms. The van der Waals surface area contributed by atoms with Crippen LogP contribution in [0.4, 0.5) is 0 Å². The van der Waals surface area contributed by atoms with Crippen molar-refractivity contribution in [2.24, 2.45) is 0 Å². The predicted octanol–water partition coefficient (Wildman–Crippen LogP) is 4.72. The van der Waals surface area contributed by atoms with E-state index >= 15 is 0 Å². The third kappa shape index (κ3) is 5.17. The summed E-state index contributed by atoms with van der Waals surface area (Å²) >= 11 is 0. The SMILES string of the molecule is Cc1ccc(C)c(CNC(=O)COc2ccc(-c3nc(-c4ccccc4)no3)cc2)c1. The van der Waals surface area contributed by atoms with E-state index in [1.807, 2.05) is 56.3 Å². The first-order valence-corrected chi connectivity index (χ1v) is 10.0. The molecule has 1 amide bonds. The standard InChI is InChI=1S/C25H23N3O3/c1-17-8-9-18(2)21(14-17)15-26-23(29)16-30-22-12-10-20(11-13-22)25-27-24(28-31-25)19-6-4-3-5-7-19/h3-14H,15-16H2,1-2H3,(H,26,29). The van der Waals surface area contributed by atoms with Crippen LogP contribution in [-0.4, -0.2) is 22.7 Å². The van der Waals surface area contributed by atoms with E-state index in [0.29, 0.717) is 24.0 Å². The minimum absolute atomic E-state index is 0.0527. The van der Waals surface area contributed by atoms with Crippen molar-refractivity contribution in [3.05, 3.63) is 89.5 Å². The number of rotatable bonds is 7. The van der Waals surface area contributed by atoms with E-state index in [1.54, 1.807) is 12.1 Å². The van der Waals surface area contributed by atoms with Gasteiger partial charge in [-0.3, -0.25) is 4.79 Å². The zero-order valence-electron chi connectivity index (χ0n) is 17.5. The van der Waals surface area contributed by atoms with Gasteiger partial charge in [-0.15, -0.1) is 0 Å². The molecule has 6 heteroatoms. The van der Waals surface area contributed by atoms with Crippen LogP contribution in [0.5, 0.6) is 5.75 Å². The molecule has 0 aliphatic heterocycles. The van der Waals surface area contributed by atoms with E-state index in [1.165, 1.54) is 5.56 Å². The fourth-order valence-electron chi connectivity index (χ4n) is 3.12. The molecule has 1 aromatic heterocycles. The van der Waals surface area contributed by atoms with Crippen LogP contribution in [0.3, 0.4) is 0 Å². The van der Waals surface area contributed by atoms with Crippen LogP contribution in [0.2, 0.25) is 0 Å². The first kappa shape index (κ1) is 20.3. The van der Waals surface area contributed by atoms with E-state index in [4.69, 9.17) is 9.26 Å². The molecule has 156 valence electrons. The lowest BCUT2D eigenvalue weighted by molar-refractivity contribution is -0.123. The molecule has 0 saturated heterocycles. The van der Waals surface area contributed by atoms with Crippen molar-refractivity contribution in [1.29, 1.82) is 0 Å². The van der Waals surface area contributed by atoms with Crippen molar-refractivity contribution in [2.45, 2.75) is 20.4 Å². The van der Waals surface area contributed by atoms with E-state index in [0.717, 1.165) is 22.3 Å². The molecule has 0 aliphatic rings. The summed E-state index contributed by atoms with van der Waals surface area (Å²) in [4.78, 5) is 16.6. The van der Waals surface area contributed by atoms with E-state index < -0.39 is 0 Å². The molecule has 4 aromatic rings. The van der Waals surface area contributed by atoms with Gasteiger partial charge in [-0.05, 0) is 49.2 Å². The van der Waals surface area contributed by atoms with E-state index in [9.17, 15) is 4.79 Å². The Morgan fingerprint density at radius 1 is 0.968 bits per heavy atom. The number of benzene rings is 3. The van der Waals surface area contributed by atoms with Crippen LogP contribution in [0, 0.1) is 13.8 Å². The smallest absolute Gasteiger partial charge is 0.258 e. The Bertz CT molecular complexity index is 1170. The summed E-state index contributed by atoms with van der Waals surface area (Å²) in [7, 11) is 0. The molecule has 1 heterocycles. The summed E-state index contributed by atoms with van der Waals surface area (Å²) in [5, 5.41) is 6.93. The minimum atomic E-state index is -0.172. The van der Waals surface area contributed by atoms with Crippen molar-refractivity contribution in [3.63, 3.8) is 0 Å². The molecule has 0 aliphatic carbocycles. The Morgan fingerprint density at radius 2 is 1.74 bits per heavy atom. The molecule has 6 nitrogen and oxygen atoms in total. The summed E-state index contributed by atoms with van der Waals surface area (Å²) in [6, 6.07) is 23.0. The van der Waals surface area contributed by atoms with E-state index in [2.05, 4.69) is 33.7 Å². The second kappa shape index (κ2) is 9.26. The number of nitrogens with one attached hydrogen (secondary N) is 1. The van der Waals surface area contributed by atoms with Crippen LogP contribution >= 0.6 is 0 Å². The third-order valence-corrected chi connectivity index (χ3v) is 4.91. The van der Waals surface area contributed by atoms with Gasteiger partial charge < -0.3 is 14.6 Å². The van der Waals surface area contributed by atoms with Crippen molar-refractivity contribution in [2.75, 3.05) is 6.61 Å². The summed E-state index contributed by atoms with van der Waals surface area (Å²) in [5.74, 6) is 1.39. The molecular formula is C25H23N3O3. The topological polar surface area (TPSA) is 77.2 Å². The summed E-state index contributed by atoms with van der Waals surface area (Å²) in [6.45, 7) is 4.50. The molecule has 1 N–H and O–H groups in total. The van der Waals surface area contributed by atoms with Crippen LogP contribution < -0.4 is 10.1 Å². The highest BCUT2D eigenvalue weighted by molar-refractivity contribution is 5.77. The number of nitrogens with zero attached hydrogens (tertiary/aromatic N) is 2. The van der Waals surface area contributed by atoms with Crippen LogP contribution in [0.15, 0.2) is 77.3 Å². The van der Waals surface area contributed by atoms with Gasteiger partial charge in [0, 0.05) is 17.7 Å². The van der Waals surface area contributed by atoms with Crippen molar-refractivity contribution < 1.29 is 14.1 Å². The highest BCUT2D eigenvalue weighted by Crippen LogP contribution is 2.24. The van der Waals surface area contributed by atoms with Gasteiger partial charge in [-0.1, -0.05) is 59.3 Å². The Morgan fingerprint density at radius 3 is 2.52 bits per heavy atom. The molecular weight excluding hydrogens is 390 g/mol. The zero-order chi connectivity index (χ0) is 21.6. The average Bonchev–Trinajstić information content (AvgIpc) is 3.29. The minimum Gasteiger partial charge on any atom is -0.484 e. The normalized spacial score (nSPS) is 10.6. The highest BCUT2D eigenvalue weighted by atomic mass is 16.5. The van der Waals surface area contributed by atoms with Crippen LogP contribution in [0.25, 0.3) is 22.8 Å². The molecule has 0 unspecified atom stereocenters. The largest absolute Gasteiger partial charge is 0.484 e. The molecule has 3 aromatic carbocycles. The first-order chi connectivity index (χ1) is 15.1. The van der Waals surface area contributed by atoms with Gasteiger partial charge in [-0.25, -0.2) is 0 Å². The van der Waals surface area contributed by atoms with Crippen molar-refractivity contribution in [1.82, 2.24) is 15.5 Å². The Hall–Kier alpha value is -3.93. The number of aromatic nitrogens is 2. The lowest BCUT2D eigenvalue weighted by Crippen LogP contribution is -2.28. The quantitative estimate of drug-likeness (QED) is 0.475. The van der Waals surface area contributed by atoms with Crippen molar-refractivity contribution in [3.8, 4) is 28.6 Å². The van der Waals surface area contributed by atoms with Crippen molar-refractivity contribution >= 4 is 5.91 Å². The Labute approximate surface area is 180 Å². The predicted molar refractivity (Wildman–Crippen MR) is 118 cm³/mol. The molecule has 0 bridgehead atoms. The van der Waals surface area contributed by atoms with Gasteiger partial charge >= 0.3 is 0 Å². The number of aryl methyl sites for hydroxylation is 2. The van der Waals surface area contributed by atoms with Gasteiger partial charge in [0.2, 0.25) is 5.82 Å². The molecule has 0 atom stereocenters. The monoisotopic (exact) mass is 413 g/mol. The average molecular weight is 413 g/mol. The molecule has 0 fully saturated rings. The highest BCUT2D eigenvalue weighted by Gasteiger charge is 2.11. The van der Waals surface area contributed by atoms with E-state index in [-0.39, 0.29) is 12.5 Å². The molecule has 0 radical (unpaired) electrons. The fourth-order valence-corrected chi connectivity index (χ4v) is 3.12. The van der Waals surface area contributed by atoms with Gasteiger partial charge in [0.15, 0.2) is 6.61 Å². The summed E-state index contributed by atoms with van der Waals surface area (Å²) < 4.78 is 11.0. The number of hydrogen-bond acceptors (Lipinski definition) is 5. The fraction of sp³-hybridized carbons (Fsp3) is 0.160.